The molecule has 146 valence electrons. The van der Waals surface area contributed by atoms with E-state index in [9.17, 15) is 4.79 Å². The summed E-state index contributed by atoms with van der Waals surface area (Å²) in [5.41, 5.74) is 5.23. The minimum absolute atomic E-state index is 0.0511. The molecular formula is C22H26N4OS. The highest BCUT2D eigenvalue weighted by Crippen LogP contribution is 2.21. The summed E-state index contributed by atoms with van der Waals surface area (Å²) in [6, 6.07) is 16.2. The molecule has 1 saturated heterocycles. The Morgan fingerprint density at radius 2 is 1.68 bits per heavy atom. The Kier molecular flexibility index (Phi) is 5.86. The van der Waals surface area contributed by atoms with Crippen molar-refractivity contribution >= 4 is 34.8 Å². The number of benzene rings is 2. The molecule has 0 bridgehead atoms. The van der Waals surface area contributed by atoms with Crippen molar-refractivity contribution in [3.05, 3.63) is 59.7 Å². The fourth-order valence-electron chi connectivity index (χ4n) is 3.48. The van der Waals surface area contributed by atoms with E-state index >= 15 is 0 Å². The molecule has 0 aliphatic carbocycles. The number of hydrogen-bond acceptors (Lipinski definition) is 5. The summed E-state index contributed by atoms with van der Waals surface area (Å²) in [6.45, 7) is 5.70. The molecule has 1 N–H and O–H groups in total. The molecule has 5 nitrogen and oxygen atoms in total. The molecule has 1 fully saturated rings. The molecule has 28 heavy (non-hydrogen) atoms. The third-order valence-electron chi connectivity index (χ3n) is 5.17. The van der Waals surface area contributed by atoms with Crippen LogP contribution in [-0.4, -0.2) is 42.8 Å². The van der Waals surface area contributed by atoms with Crippen LogP contribution in [0.3, 0.4) is 0 Å². The van der Waals surface area contributed by atoms with Crippen molar-refractivity contribution in [2.45, 2.75) is 19.9 Å². The number of amides is 1. The van der Waals surface area contributed by atoms with Gasteiger partial charge in [-0.15, -0.1) is 0 Å². The molecule has 0 aromatic heterocycles. The van der Waals surface area contributed by atoms with Crippen molar-refractivity contribution in [2.75, 3.05) is 41.0 Å². The van der Waals surface area contributed by atoms with Gasteiger partial charge in [-0.05, 0) is 48.9 Å². The van der Waals surface area contributed by atoms with Crippen LogP contribution in [0.5, 0.6) is 0 Å². The number of carbonyl (C=O) groups is 1. The predicted molar refractivity (Wildman–Crippen MR) is 119 cm³/mol. The number of carbonyl (C=O) groups excluding carboxylic acids is 1. The van der Waals surface area contributed by atoms with Gasteiger partial charge in [-0.1, -0.05) is 12.1 Å². The number of nitrogens with one attached hydrogen (secondary N) is 1. The summed E-state index contributed by atoms with van der Waals surface area (Å²) >= 11 is 2.02. The van der Waals surface area contributed by atoms with Gasteiger partial charge in [0.25, 0.3) is 5.91 Å². The highest BCUT2D eigenvalue weighted by molar-refractivity contribution is 7.99. The van der Waals surface area contributed by atoms with E-state index in [-0.39, 0.29) is 5.91 Å². The van der Waals surface area contributed by atoms with Crippen molar-refractivity contribution in [1.29, 1.82) is 0 Å². The maximum absolute atomic E-state index is 12.5. The Labute approximate surface area is 170 Å². The SMILES string of the molecule is CC1=NN(c2ccc(C(=O)NCc3ccc(N4CCSCC4)cc3)cc2)CC1. The first-order valence-corrected chi connectivity index (χ1v) is 11.0. The van der Waals surface area contributed by atoms with Crippen molar-refractivity contribution in [1.82, 2.24) is 5.32 Å². The number of hydrazone groups is 1. The van der Waals surface area contributed by atoms with Gasteiger partial charge < -0.3 is 10.2 Å². The highest BCUT2D eigenvalue weighted by Gasteiger charge is 2.14. The second-order valence-corrected chi connectivity index (χ2v) is 8.43. The second kappa shape index (κ2) is 8.69. The van der Waals surface area contributed by atoms with Crippen molar-refractivity contribution < 1.29 is 4.79 Å². The van der Waals surface area contributed by atoms with Crippen LogP contribution in [0, 0.1) is 0 Å². The van der Waals surface area contributed by atoms with Crippen LogP contribution in [0.15, 0.2) is 53.6 Å². The van der Waals surface area contributed by atoms with Crippen molar-refractivity contribution in [3.63, 3.8) is 0 Å². The molecular weight excluding hydrogens is 368 g/mol. The normalized spacial score (nSPS) is 16.8. The molecule has 2 aromatic carbocycles. The Bertz CT molecular complexity index is 842. The number of nitrogens with zero attached hydrogens (tertiary/aromatic N) is 3. The molecule has 0 unspecified atom stereocenters. The lowest BCUT2D eigenvalue weighted by Gasteiger charge is -2.28. The van der Waals surface area contributed by atoms with Gasteiger partial charge in [0.2, 0.25) is 0 Å². The van der Waals surface area contributed by atoms with E-state index < -0.39 is 0 Å². The van der Waals surface area contributed by atoms with E-state index in [1.807, 2.05) is 48.0 Å². The van der Waals surface area contributed by atoms with Gasteiger partial charge in [0.05, 0.1) is 5.69 Å². The molecule has 0 spiro atoms. The molecule has 2 aliphatic heterocycles. The number of thioether (sulfide) groups is 1. The zero-order valence-corrected chi connectivity index (χ0v) is 17.0. The van der Waals surface area contributed by atoms with Crippen LogP contribution in [0.25, 0.3) is 0 Å². The molecule has 0 atom stereocenters. The first-order valence-electron chi connectivity index (χ1n) is 9.80. The first-order chi connectivity index (χ1) is 13.7. The largest absolute Gasteiger partial charge is 0.370 e. The van der Waals surface area contributed by atoms with E-state index in [2.05, 4.69) is 39.6 Å². The van der Waals surface area contributed by atoms with Crippen molar-refractivity contribution in [2.24, 2.45) is 5.10 Å². The van der Waals surface area contributed by atoms with E-state index in [0.29, 0.717) is 12.1 Å². The Morgan fingerprint density at radius 3 is 2.32 bits per heavy atom. The quantitative estimate of drug-likeness (QED) is 0.839. The third kappa shape index (κ3) is 4.50. The summed E-state index contributed by atoms with van der Waals surface area (Å²) in [5.74, 6) is 2.34. The van der Waals surface area contributed by atoms with Gasteiger partial charge in [-0.2, -0.15) is 16.9 Å². The monoisotopic (exact) mass is 394 g/mol. The molecule has 6 heteroatoms. The standard InChI is InChI=1S/C22H26N4OS/c1-17-10-11-26(24-17)21-8-4-19(5-9-21)22(27)23-16-18-2-6-20(7-3-18)25-12-14-28-15-13-25/h2-9H,10-16H2,1H3,(H,23,27). The van der Waals surface area contributed by atoms with Crippen LogP contribution in [0.1, 0.15) is 29.3 Å². The Morgan fingerprint density at radius 1 is 1.00 bits per heavy atom. The number of rotatable bonds is 5. The van der Waals surface area contributed by atoms with E-state index in [0.717, 1.165) is 43.0 Å². The number of hydrogen-bond donors (Lipinski definition) is 1. The summed E-state index contributed by atoms with van der Waals surface area (Å²) < 4.78 is 0. The summed E-state index contributed by atoms with van der Waals surface area (Å²) in [4.78, 5) is 14.9. The van der Waals surface area contributed by atoms with E-state index in [4.69, 9.17) is 0 Å². The summed E-state index contributed by atoms with van der Waals surface area (Å²) in [7, 11) is 0. The van der Waals surface area contributed by atoms with Crippen LogP contribution in [-0.2, 0) is 6.54 Å². The highest BCUT2D eigenvalue weighted by atomic mass is 32.2. The molecule has 1 amide bonds. The average molecular weight is 395 g/mol. The first kappa shape index (κ1) is 18.9. The third-order valence-corrected chi connectivity index (χ3v) is 6.11. The molecule has 2 aliphatic rings. The predicted octanol–water partition coefficient (Wildman–Crippen LogP) is 3.76. The minimum Gasteiger partial charge on any atom is -0.370 e. The van der Waals surface area contributed by atoms with Crippen LogP contribution in [0.4, 0.5) is 11.4 Å². The minimum atomic E-state index is -0.0511. The van der Waals surface area contributed by atoms with E-state index in [1.54, 1.807) is 0 Å². The maximum atomic E-state index is 12.5. The lowest BCUT2D eigenvalue weighted by Crippen LogP contribution is -2.32. The zero-order valence-electron chi connectivity index (χ0n) is 16.2. The lowest BCUT2D eigenvalue weighted by molar-refractivity contribution is 0.0951. The van der Waals surface area contributed by atoms with Gasteiger partial charge in [-0.3, -0.25) is 9.80 Å². The van der Waals surface area contributed by atoms with Gasteiger partial charge in [0.1, 0.15) is 0 Å². The average Bonchev–Trinajstić information content (AvgIpc) is 3.19. The van der Waals surface area contributed by atoms with Crippen LogP contribution in [0.2, 0.25) is 0 Å². The van der Waals surface area contributed by atoms with Crippen LogP contribution >= 0.6 is 11.8 Å². The van der Waals surface area contributed by atoms with Gasteiger partial charge in [0, 0.05) is 61.1 Å². The van der Waals surface area contributed by atoms with Gasteiger partial charge in [-0.25, -0.2) is 0 Å². The molecule has 2 heterocycles. The van der Waals surface area contributed by atoms with Crippen LogP contribution < -0.4 is 15.2 Å². The van der Waals surface area contributed by atoms with Gasteiger partial charge >= 0.3 is 0 Å². The molecule has 2 aromatic rings. The van der Waals surface area contributed by atoms with Gasteiger partial charge in [0.15, 0.2) is 0 Å². The Balaban J connectivity index is 1.31. The molecule has 0 saturated carbocycles. The summed E-state index contributed by atoms with van der Waals surface area (Å²) in [6.07, 6.45) is 0.998. The number of anilines is 2. The fraction of sp³-hybridized carbons (Fsp3) is 0.364. The second-order valence-electron chi connectivity index (χ2n) is 7.20. The maximum Gasteiger partial charge on any atom is 0.251 e. The fourth-order valence-corrected chi connectivity index (χ4v) is 4.38. The molecule has 4 rings (SSSR count). The Hall–Kier alpha value is -2.47. The molecule has 0 radical (unpaired) electrons. The topological polar surface area (TPSA) is 47.9 Å². The van der Waals surface area contributed by atoms with E-state index in [1.165, 1.54) is 17.2 Å². The lowest BCUT2D eigenvalue weighted by atomic mass is 10.1. The van der Waals surface area contributed by atoms with Crippen molar-refractivity contribution in [3.8, 4) is 0 Å². The zero-order chi connectivity index (χ0) is 19.3. The summed E-state index contributed by atoms with van der Waals surface area (Å²) in [5, 5.41) is 9.49. The smallest absolute Gasteiger partial charge is 0.251 e.